The Kier molecular flexibility index (Phi) is 8.39. The van der Waals surface area contributed by atoms with Crippen LogP contribution < -0.4 is 0 Å². The fourth-order valence-corrected chi connectivity index (χ4v) is 2.76. The second-order valence-corrected chi connectivity index (χ2v) is 6.56. The molecule has 0 amide bonds. The molecule has 0 saturated heterocycles. The van der Waals surface area contributed by atoms with Gasteiger partial charge in [-0.1, -0.05) is 37.3 Å². The van der Waals surface area contributed by atoms with Crippen molar-refractivity contribution in [2.75, 3.05) is 0 Å². The first kappa shape index (κ1) is 22.8. The highest BCUT2D eigenvalue weighted by molar-refractivity contribution is 14.1. The first-order valence-corrected chi connectivity index (χ1v) is 8.69. The second kappa shape index (κ2) is 9.59. The Labute approximate surface area is 161 Å². The molecule has 0 unspecified atom stereocenters. The highest BCUT2D eigenvalue weighted by Gasteiger charge is 2.33. The quantitative estimate of drug-likeness (QED) is 0.394. The Hall–Kier alpha value is -1.29. The number of rotatable bonds is 3. The molecule has 2 rings (SSSR count). The summed E-state index contributed by atoms with van der Waals surface area (Å²) in [4.78, 5) is 0. The zero-order valence-electron chi connectivity index (χ0n) is 13.7. The zero-order valence-corrected chi connectivity index (χ0v) is 15.9. The number of alkyl halides is 6. The third kappa shape index (κ3) is 7.14. The molecule has 0 heterocycles. The molecule has 1 atom stereocenters. The average Bonchev–Trinajstić information content (AvgIpc) is 2.54. The van der Waals surface area contributed by atoms with E-state index in [1.54, 1.807) is 41.6 Å². The van der Waals surface area contributed by atoms with Crippen LogP contribution in [0.2, 0.25) is 0 Å². The zero-order chi connectivity index (χ0) is 20.0. The Bertz CT molecular complexity index is 697. The van der Waals surface area contributed by atoms with E-state index >= 15 is 0 Å². The maximum Gasteiger partial charge on any atom is 0.417 e. The molecule has 8 heteroatoms. The van der Waals surface area contributed by atoms with E-state index in [4.69, 9.17) is 0 Å². The fraction of sp³-hybridized carbons (Fsp3) is 0.333. The molecule has 26 heavy (non-hydrogen) atoms. The van der Waals surface area contributed by atoms with Crippen LogP contribution in [-0.2, 0) is 18.8 Å². The highest BCUT2D eigenvalue weighted by Crippen LogP contribution is 2.33. The lowest BCUT2D eigenvalue weighted by molar-refractivity contribution is -0.139. The monoisotopic (exact) mass is 490 g/mol. The lowest BCUT2D eigenvalue weighted by atomic mass is 10.0. The molecule has 144 valence electrons. The summed E-state index contributed by atoms with van der Waals surface area (Å²) in [6, 6.07) is 10.8. The molecule has 0 bridgehead atoms. The van der Waals surface area contributed by atoms with Crippen LogP contribution in [0.25, 0.3) is 0 Å². The van der Waals surface area contributed by atoms with Crippen LogP contribution in [-0.4, -0.2) is 11.2 Å². The lowest BCUT2D eigenvalue weighted by Gasteiger charge is -2.14. The Morgan fingerprint density at radius 2 is 1.31 bits per heavy atom. The van der Waals surface area contributed by atoms with E-state index in [0.29, 0.717) is 6.42 Å². The van der Waals surface area contributed by atoms with Crippen molar-refractivity contribution in [2.45, 2.75) is 38.2 Å². The van der Waals surface area contributed by atoms with Crippen LogP contribution in [0.1, 0.15) is 30.0 Å². The number of hydrogen-bond donors (Lipinski definition) is 1. The number of aliphatic hydroxyl groups is 1. The molecule has 1 nitrogen and oxygen atoms in total. The van der Waals surface area contributed by atoms with Crippen molar-refractivity contribution >= 4 is 22.6 Å². The van der Waals surface area contributed by atoms with E-state index in [9.17, 15) is 31.4 Å². The largest absolute Gasteiger partial charge is 0.417 e. The van der Waals surface area contributed by atoms with Gasteiger partial charge in [-0.2, -0.15) is 26.3 Å². The Morgan fingerprint density at radius 3 is 1.73 bits per heavy atom. The minimum Gasteiger partial charge on any atom is -0.393 e. The topological polar surface area (TPSA) is 20.2 Å². The minimum atomic E-state index is -4.34. The van der Waals surface area contributed by atoms with E-state index < -0.39 is 29.6 Å². The summed E-state index contributed by atoms with van der Waals surface area (Å²) in [5.74, 6) is 0. The molecule has 0 saturated carbocycles. The van der Waals surface area contributed by atoms with Gasteiger partial charge in [0.05, 0.1) is 17.2 Å². The first-order valence-electron chi connectivity index (χ1n) is 7.61. The van der Waals surface area contributed by atoms with Crippen molar-refractivity contribution in [3.8, 4) is 0 Å². The first-order chi connectivity index (χ1) is 12.0. The molecule has 0 spiro atoms. The number of halogens is 7. The third-order valence-electron chi connectivity index (χ3n) is 3.43. The fourth-order valence-electron chi connectivity index (χ4n) is 2.06. The molecule has 0 aliphatic carbocycles. The SMILES string of the molecule is CC[C@@H](O)Cc1ccccc1C(F)(F)F.FC(F)(F)c1ccccc1I. The van der Waals surface area contributed by atoms with Crippen LogP contribution in [0, 0.1) is 3.57 Å². The van der Waals surface area contributed by atoms with Gasteiger partial charge >= 0.3 is 12.4 Å². The van der Waals surface area contributed by atoms with Crippen LogP contribution in [0.3, 0.4) is 0 Å². The summed E-state index contributed by atoms with van der Waals surface area (Å²) < 4.78 is 73.9. The molecule has 0 aliphatic rings. The van der Waals surface area contributed by atoms with E-state index in [-0.39, 0.29) is 15.6 Å². The summed E-state index contributed by atoms with van der Waals surface area (Å²) in [6.45, 7) is 1.74. The van der Waals surface area contributed by atoms with E-state index in [2.05, 4.69) is 0 Å². The molecule has 1 N–H and O–H groups in total. The Balaban J connectivity index is 0.000000273. The van der Waals surface area contributed by atoms with Gasteiger partial charge in [0.15, 0.2) is 0 Å². The molecule has 0 aromatic heterocycles. The predicted octanol–water partition coefficient (Wildman–Crippen LogP) is 6.33. The van der Waals surface area contributed by atoms with Crippen LogP contribution in [0.15, 0.2) is 48.5 Å². The van der Waals surface area contributed by atoms with Crippen molar-refractivity contribution < 1.29 is 31.4 Å². The van der Waals surface area contributed by atoms with Crippen molar-refractivity contribution in [1.29, 1.82) is 0 Å². The normalized spacial score (nSPS) is 13.0. The molecule has 2 aromatic carbocycles. The minimum absolute atomic E-state index is 0.0478. The molecule has 0 fully saturated rings. The van der Waals surface area contributed by atoms with E-state index in [1.165, 1.54) is 24.3 Å². The highest BCUT2D eigenvalue weighted by atomic mass is 127. The van der Waals surface area contributed by atoms with Gasteiger partial charge in [0.1, 0.15) is 0 Å². The van der Waals surface area contributed by atoms with Crippen LogP contribution >= 0.6 is 22.6 Å². The van der Waals surface area contributed by atoms with Gasteiger partial charge in [-0.15, -0.1) is 0 Å². The van der Waals surface area contributed by atoms with Crippen molar-refractivity contribution in [3.63, 3.8) is 0 Å². The molecule has 0 radical (unpaired) electrons. The van der Waals surface area contributed by atoms with Gasteiger partial charge in [0.2, 0.25) is 0 Å². The van der Waals surface area contributed by atoms with Gasteiger partial charge < -0.3 is 5.11 Å². The van der Waals surface area contributed by atoms with Crippen molar-refractivity contribution in [3.05, 3.63) is 68.8 Å². The van der Waals surface area contributed by atoms with Gasteiger partial charge in [0.25, 0.3) is 0 Å². The standard InChI is InChI=1S/C11H13F3O.C7H4F3I/c1-2-9(15)7-8-5-3-4-6-10(8)11(12,13)14;8-7(9,10)5-3-1-2-4-6(5)11/h3-6,9,15H,2,7H2,1H3;1-4H/t9-;/m1./s1. The molecular formula is C18H17F6IO. The lowest BCUT2D eigenvalue weighted by Crippen LogP contribution is -2.14. The maximum atomic E-state index is 12.5. The molecule has 0 aliphatic heterocycles. The van der Waals surface area contributed by atoms with Gasteiger partial charge in [-0.25, -0.2) is 0 Å². The number of benzene rings is 2. The second-order valence-electron chi connectivity index (χ2n) is 5.40. The molecular weight excluding hydrogens is 473 g/mol. The summed E-state index contributed by atoms with van der Waals surface area (Å²) in [5, 5.41) is 9.33. The predicted molar refractivity (Wildman–Crippen MR) is 95.6 cm³/mol. The summed E-state index contributed by atoms with van der Waals surface area (Å²) in [6.07, 6.45) is -8.78. The summed E-state index contributed by atoms with van der Waals surface area (Å²) >= 11 is 1.67. The van der Waals surface area contributed by atoms with Gasteiger partial charge in [0, 0.05) is 3.57 Å². The number of hydrogen-bond acceptors (Lipinski definition) is 1. The van der Waals surface area contributed by atoms with Gasteiger partial charge in [-0.05, 0) is 59.2 Å². The van der Waals surface area contributed by atoms with Crippen LogP contribution in [0.5, 0.6) is 0 Å². The van der Waals surface area contributed by atoms with Crippen LogP contribution in [0.4, 0.5) is 26.3 Å². The average molecular weight is 490 g/mol. The maximum absolute atomic E-state index is 12.5. The smallest absolute Gasteiger partial charge is 0.393 e. The molecule has 2 aromatic rings. The number of aliphatic hydroxyl groups excluding tert-OH is 1. The van der Waals surface area contributed by atoms with Crippen molar-refractivity contribution in [2.24, 2.45) is 0 Å². The third-order valence-corrected chi connectivity index (χ3v) is 4.37. The van der Waals surface area contributed by atoms with E-state index in [1.807, 2.05) is 0 Å². The van der Waals surface area contributed by atoms with Crippen molar-refractivity contribution in [1.82, 2.24) is 0 Å². The summed E-state index contributed by atoms with van der Waals surface area (Å²) in [5.41, 5.74) is -1.07. The summed E-state index contributed by atoms with van der Waals surface area (Å²) in [7, 11) is 0. The Morgan fingerprint density at radius 1 is 0.846 bits per heavy atom. The van der Waals surface area contributed by atoms with E-state index in [0.717, 1.165) is 12.1 Å². The van der Waals surface area contributed by atoms with Gasteiger partial charge in [-0.3, -0.25) is 0 Å².